The van der Waals surface area contributed by atoms with Crippen LogP contribution in [0.4, 0.5) is 4.79 Å². The summed E-state index contributed by atoms with van der Waals surface area (Å²) in [4.78, 5) is 23.6. The molecule has 1 aliphatic carbocycles. The van der Waals surface area contributed by atoms with Gasteiger partial charge in [0.1, 0.15) is 11.7 Å². The number of carbonyl (C=O) groups excluding carboxylic acids is 2. The molecule has 4 nitrogen and oxygen atoms in total. The molecular weight excluding hydrogens is 256 g/mol. The van der Waals surface area contributed by atoms with Crippen molar-refractivity contribution >= 4 is 11.9 Å². The highest BCUT2D eigenvalue weighted by molar-refractivity contribution is 5.99. The van der Waals surface area contributed by atoms with Gasteiger partial charge in [-0.15, -0.1) is 0 Å². The molecule has 106 valence electrons. The second kappa shape index (κ2) is 5.49. The maximum atomic E-state index is 11.9. The highest BCUT2D eigenvalue weighted by Crippen LogP contribution is 2.29. The van der Waals surface area contributed by atoms with Gasteiger partial charge in [-0.1, -0.05) is 30.3 Å². The van der Waals surface area contributed by atoms with E-state index in [1.165, 1.54) is 6.08 Å². The van der Waals surface area contributed by atoms with Crippen molar-refractivity contribution in [2.24, 2.45) is 0 Å². The minimum absolute atomic E-state index is 0.0650. The van der Waals surface area contributed by atoms with Crippen LogP contribution in [0, 0.1) is 0 Å². The van der Waals surface area contributed by atoms with E-state index in [1.807, 2.05) is 30.3 Å². The van der Waals surface area contributed by atoms with Crippen molar-refractivity contribution in [3.05, 3.63) is 48.0 Å². The predicted octanol–water partition coefficient (Wildman–Crippen LogP) is 3.23. The Labute approximate surface area is 118 Å². The Hall–Kier alpha value is -2.10. The monoisotopic (exact) mass is 274 g/mol. The number of carbonyl (C=O) groups is 2. The van der Waals surface area contributed by atoms with Gasteiger partial charge in [-0.2, -0.15) is 0 Å². The Morgan fingerprint density at radius 3 is 2.40 bits per heavy atom. The first kappa shape index (κ1) is 14.3. The molecule has 0 radical (unpaired) electrons. The van der Waals surface area contributed by atoms with E-state index < -0.39 is 23.8 Å². The number of rotatable bonds is 2. The number of hydrogen-bond acceptors (Lipinski definition) is 4. The maximum Gasteiger partial charge on any atom is 0.509 e. The summed E-state index contributed by atoms with van der Waals surface area (Å²) in [5.41, 5.74) is 0.210. The van der Waals surface area contributed by atoms with Gasteiger partial charge < -0.3 is 9.47 Å². The Bertz CT molecular complexity index is 525. The summed E-state index contributed by atoms with van der Waals surface area (Å²) in [5.74, 6) is -0.548. The van der Waals surface area contributed by atoms with Crippen LogP contribution >= 0.6 is 0 Å². The van der Waals surface area contributed by atoms with Gasteiger partial charge in [0.05, 0.1) is 5.92 Å². The fourth-order valence-electron chi connectivity index (χ4n) is 2.07. The molecule has 0 saturated carbocycles. The van der Waals surface area contributed by atoms with E-state index >= 15 is 0 Å². The quantitative estimate of drug-likeness (QED) is 0.777. The Kier molecular flexibility index (Phi) is 3.93. The van der Waals surface area contributed by atoms with Crippen LogP contribution in [0.25, 0.3) is 0 Å². The van der Waals surface area contributed by atoms with Crippen LogP contribution in [0.15, 0.2) is 42.5 Å². The Morgan fingerprint density at radius 2 is 1.80 bits per heavy atom. The topological polar surface area (TPSA) is 52.6 Å². The Morgan fingerprint density at radius 1 is 1.15 bits per heavy atom. The summed E-state index contributed by atoms with van der Waals surface area (Å²) in [6.45, 7) is 5.29. The molecule has 20 heavy (non-hydrogen) atoms. The molecule has 0 bridgehead atoms. The van der Waals surface area contributed by atoms with Gasteiger partial charge in [0.25, 0.3) is 0 Å². The van der Waals surface area contributed by atoms with Crippen molar-refractivity contribution in [1.82, 2.24) is 0 Å². The molecule has 0 saturated heterocycles. The lowest BCUT2D eigenvalue weighted by atomic mass is 9.94. The molecular formula is C16H18O4. The number of hydrogen-bond donors (Lipinski definition) is 0. The van der Waals surface area contributed by atoms with Crippen molar-refractivity contribution in [2.45, 2.75) is 38.4 Å². The molecule has 0 N–H and O–H groups in total. The van der Waals surface area contributed by atoms with Crippen LogP contribution in [0.5, 0.6) is 0 Å². The second-order valence-corrected chi connectivity index (χ2v) is 5.70. The predicted molar refractivity (Wildman–Crippen MR) is 74.4 cm³/mol. The van der Waals surface area contributed by atoms with Crippen molar-refractivity contribution < 1.29 is 19.1 Å². The van der Waals surface area contributed by atoms with Gasteiger partial charge >= 0.3 is 6.16 Å². The minimum Gasteiger partial charge on any atom is -0.429 e. The summed E-state index contributed by atoms with van der Waals surface area (Å²) in [5, 5.41) is 0. The summed E-state index contributed by atoms with van der Waals surface area (Å²) < 4.78 is 10.4. The molecule has 4 heteroatoms. The maximum absolute atomic E-state index is 11.9. The summed E-state index contributed by atoms with van der Waals surface area (Å²) >= 11 is 0. The van der Waals surface area contributed by atoms with Crippen LogP contribution in [-0.4, -0.2) is 23.6 Å². The van der Waals surface area contributed by atoms with E-state index in [0.717, 1.165) is 5.56 Å². The summed E-state index contributed by atoms with van der Waals surface area (Å²) in [7, 11) is 0. The molecule has 1 aromatic rings. The van der Waals surface area contributed by atoms with Gasteiger partial charge in [0, 0.05) is 0 Å². The van der Waals surface area contributed by atoms with Crippen LogP contribution in [-0.2, 0) is 14.3 Å². The normalized spacial score (nSPS) is 21.9. The van der Waals surface area contributed by atoms with Gasteiger partial charge in [-0.05, 0) is 38.5 Å². The van der Waals surface area contributed by atoms with E-state index in [-0.39, 0.29) is 5.78 Å². The van der Waals surface area contributed by atoms with Crippen molar-refractivity contribution in [3.63, 3.8) is 0 Å². The number of ketones is 1. The van der Waals surface area contributed by atoms with Crippen molar-refractivity contribution in [1.29, 1.82) is 0 Å². The fraction of sp³-hybridized carbons (Fsp3) is 0.375. The first-order valence-corrected chi connectivity index (χ1v) is 6.53. The third-order valence-corrected chi connectivity index (χ3v) is 2.87. The summed E-state index contributed by atoms with van der Waals surface area (Å²) in [6, 6.07) is 9.28. The molecule has 0 aliphatic heterocycles. The highest BCUT2D eigenvalue weighted by atomic mass is 16.7. The third kappa shape index (κ3) is 3.47. The average molecular weight is 274 g/mol. The van der Waals surface area contributed by atoms with Crippen molar-refractivity contribution in [2.75, 3.05) is 0 Å². The molecule has 0 fully saturated rings. The molecule has 0 spiro atoms. The molecule has 0 heterocycles. The van der Waals surface area contributed by atoms with Crippen LogP contribution in [0.2, 0.25) is 0 Å². The van der Waals surface area contributed by atoms with Crippen LogP contribution in [0.3, 0.4) is 0 Å². The Balaban J connectivity index is 2.09. The van der Waals surface area contributed by atoms with Crippen LogP contribution < -0.4 is 0 Å². The highest BCUT2D eigenvalue weighted by Gasteiger charge is 2.35. The van der Waals surface area contributed by atoms with E-state index in [9.17, 15) is 9.59 Å². The molecule has 1 aliphatic rings. The minimum atomic E-state index is -0.761. The zero-order valence-electron chi connectivity index (χ0n) is 11.8. The smallest absolute Gasteiger partial charge is 0.429 e. The molecule has 2 rings (SSSR count). The SMILES string of the molecule is CC(C)(C)OC(=O)O[C@H]1C=CC(=O)C1c1ccccc1. The van der Waals surface area contributed by atoms with E-state index in [0.29, 0.717) is 0 Å². The lowest BCUT2D eigenvalue weighted by molar-refractivity contribution is -0.117. The standard InChI is InChI=1S/C16H18O4/c1-16(2,3)20-15(18)19-13-10-9-12(17)14(13)11-7-5-4-6-8-11/h4-10,13-14H,1-3H3/t13-,14?/m0/s1. The molecule has 2 atom stereocenters. The molecule has 1 unspecified atom stereocenters. The van der Waals surface area contributed by atoms with Crippen LogP contribution in [0.1, 0.15) is 32.3 Å². The molecule has 0 aromatic heterocycles. The first-order valence-electron chi connectivity index (χ1n) is 6.53. The zero-order valence-corrected chi connectivity index (χ0v) is 11.8. The van der Waals surface area contributed by atoms with E-state index in [2.05, 4.69) is 0 Å². The first-order chi connectivity index (χ1) is 9.37. The fourth-order valence-corrected chi connectivity index (χ4v) is 2.07. The third-order valence-electron chi connectivity index (χ3n) is 2.87. The van der Waals surface area contributed by atoms with Gasteiger partial charge in [0.2, 0.25) is 0 Å². The van der Waals surface area contributed by atoms with Crippen molar-refractivity contribution in [3.8, 4) is 0 Å². The van der Waals surface area contributed by atoms with E-state index in [4.69, 9.17) is 9.47 Å². The largest absolute Gasteiger partial charge is 0.509 e. The second-order valence-electron chi connectivity index (χ2n) is 5.70. The van der Waals surface area contributed by atoms with E-state index in [1.54, 1.807) is 26.8 Å². The van der Waals surface area contributed by atoms with Gasteiger partial charge in [-0.3, -0.25) is 4.79 Å². The van der Waals surface area contributed by atoms with Gasteiger partial charge in [0.15, 0.2) is 5.78 Å². The lowest BCUT2D eigenvalue weighted by Gasteiger charge is -2.23. The summed E-state index contributed by atoms with van der Waals surface area (Å²) in [6.07, 6.45) is 1.68. The number of ether oxygens (including phenoxy) is 2. The number of benzene rings is 1. The van der Waals surface area contributed by atoms with Gasteiger partial charge in [-0.25, -0.2) is 4.79 Å². The zero-order chi connectivity index (χ0) is 14.8. The molecule has 0 amide bonds. The lowest BCUT2D eigenvalue weighted by Crippen LogP contribution is -2.29. The average Bonchev–Trinajstić information content (AvgIpc) is 2.69. The number of allylic oxidation sites excluding steroid dienone is 1. The molecule has 1 aromatic carbocycles.